The first kappa shape index (κ1) is 11.1. The summed E-state index contributed by atoms with van der Waals surface area (Å²) in [5.74, 6) is -1.20. The van der Waals surface area contributed by atoms with E-state index >= 15 is 0 Å². The monoisotopic (exact) mass is 233 g/mol. The highest BCUT2D eigenvalue weighted by Crippen LogP contribution is 1.95. The number of hydrogen-bond acceptors (Lipinski definition) is 3. The highest BCUT2D eigenvalue weighted by atomic mass is 16.4. The summed E-state index contributed by atoms with van der Waals surface area (Å²) in [7, 11) is 0. The van der Waals surface area contributed by atoms with Gasteiger partial charge in [0.1, 0.15) is 5.56 Å². The molecule has 6 heteroatoms. The maximum absolute atomic E-state index is 11.2. The largest absolute Gasteiger partial charge is 0.477 e. The molecule has 2 heterocycles. The van der Waals surface area contributed by atoms with E-state index in [1.807, 2.05) is 10.8 Å². The summed E-state index contributed by atoms with van der Waals surface area (Å²) < 4.78 is 3.55. The van der Waals surface area contributed by atoms with E-state index in [4.69, 9.17) is 5.11 Å². The third-order valence-corrected chi connectivity index (χ3v) is 2.38. The summed E-state index contributed by atoms with van der Waals surface area (Å²) in [6.45, 7) is 1.25. The molecule has 0 bridgehead atoms. The first-order valence-electron chi connectivity index (χ1n) is 5.06. The number of carboxylic acids is 1. The van der Waals surface area contributed by atoms with E-state index in [0.717, 1.165) is 0 Å². The minimum Gasteiger partial charge on any atom is -0.477 e. The van der Waals surface area contributed by atoms with Crippen LogP contribution in [0.25, 0.3) is 0 Å². The molecular formula is C11H11N3O3. The van der Waals surface area contributed by atoms with Gasteiger partial charge in [0.2, 0.25) is 0 Å². The maximum atomic E-state index is 11.2. The number of pyridine rings is 1. The van der Waals surface area contributed by atoms with Crippen molar-refractivity contribution in [1.82, 2.24) is 14.1 Å². The number of carboxylic acid groups (broad SMARTS) is 1. The number of imidazole rings is 1. The van der Waals surface area contributed by atoms with Gasteiger partial charge in [0.25, 0.3) is 0 Å². The highest BCUT2D eigenvalue weighted by Gasteiger charge is 2.07. The molecule has 0 fully saturated rings. The van der Waals surface area contributed by atoms with Gasteiger partial charge in [-0.1, -0.05) is 0 Å². The lowest BCUT2D eigenvalue weighted by molar-refractivity contribution is 0.0694. The first-order valence-corrected chi connectivity index (χ1v) is 5.06. The van der Waals surface area contributed by atoms with Gasteiger partial charge >= 0.3 is 5.97 Å². The SMILES string of the molecule is O=C(O)c1cn(CCn2ccnc2)ccc1=O. The van der Waals surface area contributed by atoms with E-state index in [9.17, 15) is 9.59 Å². The van der Waals surface area contributed by atoms with Crippen LogP contribution in [0.3, 0.4) is 0 Å². The Hall–Kier alpha value is -2.37. The fourth-order valence-electron chi connectivity index (χ4n) is 1.48. The van der Waals surface area contributed by atoms with Gasteiger partial charge in [0, 0.05) is 43.9 Å². The molecule has 0 saturated carbocycles. The van der Waals surface area contributed by atoms with E-state index < -0.39 is 11.4 Å². The Kier molecular flexibility index (Phi) is 3.04. The fraction of sp³-hybridized carbons (Fsp3) is 0.182. The van der Waals surface area contributed by atoms with Crippen LogP contribution < -0.4 is 5.43 Å². The zero-order valence-corrected chi connectivity index (χ0v) is 8.98. The molecule has 0 spiro atoms. The lowest BCUT2D eigenvalue weighted by Crippen LogP contribution is -2.17. The average Bonchev–Trinajstić information content (AvgIpc) is 2.80. The van der Waals surface area contributed by atoms with Gasteiger partial charge in [0.05, 0.1) is 6.33 Å². The molecule has 1 N–H and O–H groups in total. The third kappa shape index (κ3) is 2.60. The summed E-state index contributed by atoms with van der Waals surface area (Å²) in [5.41, 5.74) is -0.686. The number of aromatic carboxylic acids is 1. The molecule has 0 saturated heterocycles. The van der Waals surface area contributed by atoms with Crippen molar-refractivity contribution >= 4 is 5.97 Å². The van der Waals surface area contributed by atoms with Crippen molar-refractivity contribution in [3.8, 4) is 0 Å². The summed E-state index contributed by atoms with van der Waals surface area (Å²) in [4.78, 5) is 25.9. The fourth-order valence-corrected chi connectivity index (χ4v) is 1.48. The topological polar surface area (TPSA) is 77.1 Å². The van der Waals surface area contributed by atoms with E-state index in [1.165, 1.54) is 12.3 Å². The van der Waals surface area contributed by atoms with Crippen molar-refractivity contribution in [1.29, 1.82) is 0 Å². The van der Waals surface area contributed by atoms with Crippen molar-refractivity contribution in [2.45, 2.75) is 13.1 Å². The lowest BCUT2D eigenvalue weighted by atomic mass is 10.3. The zero-order chi connectivity index (χ0) is 12.3. The molecule has 2 rings (SSSR count). The minimum absolute atomic E-state index is 0.210. The van der Waals surface area contributed by atoms with Crippen molar-refractivity contribution in [3.05, 3.63) is 53.0 Å². The molecule has 2 aromatic heterocycles. The van der Waals surface area contributed by atoms with Crippen LogP contribution >= 0.6 is 0 Å². The van der Waals surface area contributed by atoms with Crippen molar-refractivity contribution < 1.29 is 9.90 Å². The highest BCUT2D eigenvalue weighted by molar-refractivity contribution is 5.86. The van der Waals surface area contributed by atoms with Gasteiger partial charge in [0.15, 0.2) is 5.43 Å². The van der Waals surface area contributed by atoms with Crippen LogP contribution in [-0.2, 0) is 13.1 Å². The predicted molar refractivity (Wildman–Crippen MR) is 59.9 cm³/mol. The lowest BCUT2D eigenvalue weighted by Gasteiger charge is -2.07. The van der Waals surface area contributed by atoms with Gasteiger partial charge in [-0.3, -0.25) is 4.79 Å². The normalized spacial score (nSPS) is 10.4. The van der Waals surface area contributed by atoms with Crippen LogP contribution in [-0.4, -0.2) is 25.2 Å². The van der Waals surface area contributed by atoms with E-state index in [-0.39, 0.29) is 5.56 Å². The zero-order valence-electron chi connectivity index (χ0n) is 8.98. The molecule has 0 aliphatic rings. The molecule has 0 amide bonds. The summed E-state index contributed by atoms with van der Waals surface area (Å²) >= 11 is 0. The number of nitrogens with zero attached hydrogens (tertiary/aromatic N) is 3. The molecule has 17 heavy (non-hydrogen) atoms. The molecule has 0 radical (unpaired) electrons. The number of carbonyl (C=O) groups is 1. The van der Waals surface area contributed by atoms with Crippen LogP contribution in [0.15, 0.2) is 42.0 Å². The number of rotatable bonds is 4. The van der Waals surface area contributed by atoms with Crippen molar-refractivity contribution in [3.63, 3.8) is 0 Å². The van der Waals surface area contributed by atoms with Crippen LogP contribution in [0.5, 0.6) is 0 Å². The van der Waals surface area contributed by atoms with Crippen molar-refractivity contribution in [2.75, 3.05) is 0 Å². The minimum atomic E-state index is -1.20. The van der Waals surface area contributed by atoms with Gasteiger partial charge < -0.3 is 14.2 Å². The molecule has 0 aliphatic heterocycles. The molecule has 0 unspecified atom stereocenters. The Bertz CT molecular complexity index is 572. The predicted octanol–water partition coefficient (Wildman–Crippen LogP) is 0.443. The van der Waals surface area contributed by atoms with E-state index in [2.05, 4.69) is 4.98 Å². The second-order valence-corrected chi connectivity index (χ2v) is 3.57. The molecule has 0 aromatic carbocycles. The van der Waals surface area contributed by atoms with E-state index in [1.54, 1.807) is 23.3 Å². The van der Waals surface area contributed by atoms with Crippen LogP contribution in [0.1, 0.15) is 10.4 Å². The summed E-state index contributed by atoms with van der Waals surface area (Å²) in [6.07, 6.45) is 8.10. The van der Waals surface area contributed by atoms with Crippen LogP contribution in [0.2, 0.25) is 0 Å². The summed E-state index contributed by atoms with van der Waals surface area (Å²) in [5, 5.41) is 8.81. The Balaban J connectivity index is 2.14. The van der Waals surface area contributed by atoms with Gasteiger partial charge in [-0.25, -0.2) is 9.78 Å². The van der Waals surface area contributed by atoms with Gasteiger partial charge in [-0.15, -0.1) is 0 Å². The van der Waals surface area contributed by atoms with Crippen LogP contribution in [0, 0.1) is 0 Å². The number of hydrogen-bond donors (Lipinski definition) is 1. The smallest absolute Gasteiger partial charge is 0.341 e. The summed E-state index contributed by atoms with van der Waals surface area (Å²) in [6, 6.07) is 1.26. The first-order chi connectivity index (χ1) is 8.16. The molecular weight excluding hydrogens is 222 g/mol. The molecule has 88 valence electrons. The molecule has 6 nitrogen and oxygen atoms in total. The second-order valence-electron chi connectivity index (χ2n) is 3.57. The van der Waals surface area contributed by atoms with Gasteiger partial charge in [-0.2, -0.15) is 0 Å². The van der Waals surface area contributed by atoms with Gasteiger partial charge in [-0.05, 0) is 0 Å². The molecule has 2 aromatic rings. The van der Waals surface area contributed by atoms with Crippen LogP contribution in [0.4, 0.5) is 0 Å². The Labute approximate surface area is 96.8 Å². The molecule has 0 atom stereocenters. The quantitative estimate of drug-likeness (QED) is 0.831. The Morgan fingerprint density at radius 3 is 2.71 bits per heavy atom. The average molecular weight is 233 g/mol. The maximum Gasteiger partial charge on any atom is 0.341 e. The van der Waals surface area contributed by atoms with Crippen molar-refractivity contribution in [2.24, 2.45) is 0 Å². The Morgan fingerprint density at radius 2 is 2.06 bits per heavy atom. The third-order valence-electron chi connectivity index (χ3n) is 2.38. The second kappa shape index (κ2) is 4.65. The number of aromatic nitrogens is 3. The Morgan fingerprint density at radius 1 is 1.29 bits per heavy atom. The molecule has 0 aliphatic carbocycles. The number of aryl methyl sites for hydroxylation is 2. The standard InChI is InChI=1S/C11H11N3O3/c15-10-1-3-13(7-9(10)11(16)17)5-6-14-4-2-12-8-14/h1-4,7-8H,5-6H2,(H,16,17). The van der Waals surface area contributed by atoms with E-state index in [0.29, 0.717) is 13.1 Å².